The van der Waals surface area contributed by atoms with Crippen molar-refractivity contribution in [3.05, 3.63) is 23.5 Å². The second-order valence-electron chi connectivity index (χ2n) is 4.78. The quantitative estimate of drug-likeness (QED) is 0.871. The average molecular weight is 290 g/mol. The summed E-state index contributed by atoms with van der Waals surface area (Å²) in [4.78, 5) is 28.3. The normalized spacial score (nSPS) is 17.8. The Morgan fingerprint density at radius 3 is 3.20 bits per heavy atom. The molecule has 0 aromatic carbocycles. The summed E-state index contributed by atoms with van der Waals surface area (Å²) in [5, 5.41) is 5.98. The highest BCUT2D eigenvalue weighted by Gasteiger charge is 2.15. The Hall–Kier alpha value is -2.02. The molecule has 104 valence electrons. The van der Waals surface area contributed by atoms with Crippen LogP contribution in [0.1, 0.15) is 31.4 Å². The van der Waals surface area contributed by atoms with E-state index in [0.29, 0.717) is 18.5 Å². The number of fused-ring (bicyclic) bond motifs is 1. The fourth-order valence-electron chi connectivity index (χ4n) is 2.20. The molecule has 3 rings (SSSR count). The summed E-state index contributed by atoms with van der Waals surface area (Å²) in [6.07, 6.45) is 6.53. The molecule has 0 radical (unpaired) electrons. The number of hydrogen-bond donors (Lipinski definition) is 1. The van der Waals surface area contributed by atoms with E-state index in [4.69, 9.17) is 0 Å². The van der Waals surface area contributed by atoms with Gasteiger partial charge in [-0.3, -0.25) is 14.0 Å². The number of Topliss-reactive ketones (excluding diaryl/α,β-unsaturated/α-hetero) is 1. The first-order chi connectivity index (χ1) is 9.70. The number of rotatable bonds is 3. The Balaban J connectivity index is 1.58. The lowest BCUT2D eigenvalue weighted by Crippen LogP contribution is -2.24. The van der Waals surface area contributed by atoms with Crippen LogP contribution < -0.4 is 5.43 Å². The Morgan fingerprint density at radius 1 is 1.50 bits per heavy atom. The maximum atomic E-state index is 11.8. The number of hydrogen-bond acceptors (Lipinski definition) is 5. The first-order valence-corrected chi connectivity index (χ1v) is 7.36. The molecule has 0 spiro atoms. The number of imidazole rings is 1. The summed E-state index contributed by atoms with van der Waals surface area (Å²) < 4.78 is 1.89. The van der Waals surface area contributed by atoms with Gasteiger partial charge in [0.05, 0.1) is 12.1 Å². The van der Waals surface area contributed by atoms with E-state index < -0.39 is 0 Å². The Kier molecular flexibility index (Phi) is 3.60. The second kappa shape index (κ2) is 5.54. The van der Waals surface area contributed by atoms with Gasteiger partial charge in [-0.05, 0) is 12.8 Å². The molecule has 2 heterocycles. The van der Waals surface area contributed by atoms with Crippen LogP contribution in [0.4, 0.5) is 0 Å². The molecule has 2 aromatic rings. The number of nitrogens with one attached hydrogen (secondary N) is 1. The van der Waals surface area contributed by atoms with E-state index in [9.17, 15) is 9.59 Å². The molecule has 0 aliphatic heterocycles. The molecule has 1 fully saturated rings. The smallest absolute Gasteiger partial charge is 0.246 e. The van der Waals surface area contributed by atoms with Gasteiger partial charge in [0.25, 0.3) is 0 Å². The van der Waals surface area contributed by atoms with Crippen LogP contribution >= 0.6 is 11.3 Å². The van der Waals surface area contributed by atoms with Crippen molar-refractivity contribution in [2.24, 2.45) is 5.10 Å². The second-order valence-corrected chi connectivity index (χ2v) is 5.66. The fourth-order valence-corrected chi connectivity index (χ4v) is 2.92. The molecule has 1 amide bonds. The molecule has 0 bridgehead atoms. The van der Waals surface area contributed by atoms with Crippen LogP contribution in [0.25, 0.3) is 4.96 Å². The van der Waals surface area contributed by atoms with E-state index in [1.807, 2.05) is 22.2 Å². The van der Waals surface area contributed by atoms with Gasteiger partial charge in [0.1, 0.15) is 5.78 Å². The number of ketones is 1. The van der Waals surface area contributed by atoms with E-state index in [-0.39, 0.29) is 18.1 Å². The minimum atomic E-state index is -0.207. The minimum absolute atomic E-state index is 0.193. The molecule has 1 saturated carbocycles. The number of carbonyl (C=O) groups is 2. The predicted octanol–water partition coefficient (Wildman–Crippen LogP) is 1.55. The van der Waals surface area contributed by atoms with Gasteiger partial charge in [0.15, 0.2) is 4.96 Å². The van der Waals surface area contributed by atoms with Crippen LogP contribution in [0.2, 0.25) is 0 Å². The highest BCUT2D eigenvalue weighted by atomic mass is 32.1. The third-order valence-corrected chi connectivity index (χ3v) is 3.92. The van der Waals surface area contributed by atoms with Crippen molar-refractivity contribution < 1.29 is 9.59 Å². The number of carbonyl (C=O) groups excluding carboxylic acids is 2. The number of thiazole rings is 1. The summed E-state index contributed by atoms with van der Waals surface area (Å²) in [5.41, 5.74) is 3.99. The molecule has 6 nitrogen and oxygen atoms in total. The summed E-state index contributed by atoms with van der Waals surface area (Å²) in [6.45, 7) is 0. The first-order valence-electron chi connectivity index (χ1n) is 6.48. The number of amides is 1. The molecule has 20 heavy (non-hydrogen) atoms. The van der Waals surface area contributed by atoms with Crippen LogP contribution in [-0.4, -0.2) is 26.8 Å². The highest BCUT2D eigenvalue weighted by molar-refractivity contribution is 7.15. The van der Waals surface area contributed by atoms with Crippen LogP contribution in [0.3, 0.4) is 0 Å². The molecule has 0 unspecified atom stereocenters. The average Bonchev–Trinajstić information content (AvgIpc) is 2.97. The number of nitrogens with zero attached hydrogens (tertiary/aromatic N) is 3. The van der Waals surface area contributed by atoms with E-state index in [1.54, 1.807) is 0 Å². The van der Waals surface area contributed by atoms with Crippen molar-refractivity contribution in [2.75, 3.05) is 0 Å². The van der Waals surface area contributed by atoms with Gasteiger partial charge < -0.3 is 0 Å². The third-order valence-electron chi connectivity index (χ3n) is 3.15. The van der Waals surface area contributed by atoms with Gasteiger partial charge in [-0.25, -0.2) is 10.4 Å². The van der Waals surface area contributed by atoms with Crippen molar-refractivity contribution in [1.29, 1.82) is 0 Å². The van der Waals surface area contributed by atoms with Crippen molar-refractivity contribution in [2.45, 2.75) is 32.1 Å². The zero-order valence-corrected chi connectivity index (χ0v) is 11.7. The largest absolute Gasteiger partial charge is 0.299 e. The zero-order chi connectivity index (χ0) is 13.9. The molecule has 1 aliphatic carbocycles. The Labute approximate surface area is 119 Å². The summed E-state index contributed by atoms with van der Waals surface area (Å²) >= 11 is 1.53. The topological polar surface area (TPSA) is 75.8 Å². The van der Waals surface area contributed by atoms with Crippen LogP contribution in [0.15, 0.2) is 22.9 Å². The Bertz CT molecular complexity index is 657. The number of aromatic nitrogens is 2. The van der Waals surface area contributed by atoms with E-state index in [1.165, 1.54) is 11.3 Å². The maximum Gasteiger partial charge on any atom is 0.246 e. The van der Waals surface area contributed by atoms with Gasteiger partial charge >= 0.3 is 0 Å². The SMILES string of the molecule is O=C1CCCC(=NNC(=O)Cc2cn3ccsc3n2)C1. The van der Waals surface area contributed by atoms with Crippen LogP contribution in [0.5, 0.6) is 0 Å². The summed E-state index contributed by atoms with van der Waals surface area (Å²) in [5.74, 6) is -0.0140. The highest BCUT2D eigenvalue weighted by Crippen LogP contribution is 2.12. The van der Waals surface area contributed by atoms with Gasteiger partial charge in [0, 0.05) is 36.3 Å². The van der Waals surface area contributed by atoms with Gasteiger partial charge in [-0.2, -0.15) is 5.10 Å². The molecule has 0 saturated heterocycles. The van der Waals surface area contributed by atoms with Crippen molar-refractivity contribution in [3.8, 4) is 0 Å². The minimum Gasteiger partial charge on any atom is -0.299 e. The standard InChI is InChI=1S/C13H14N4O2S/c18-11-3-1-2-9(6-11)15-16-12(19)7-10-8-17-4-5-20-13(17)14-10/h4-5,8H,1-3,6-7H2,(H,16,19). The van der Waals surface area contributed by atoms with Gasteiger partial charge in [-0.15, -0.1) is 11.3 Å². The van der Waals surface area contributed by atoms with Gasteiger partial charge in [-0.1, -0.05) is 0 Å². The zero-order valence-electron chi connectivity index (χ0n) is 10.8. The molecular weight excluding hydrogens is 276 g/mol. The maximum absolute atomic E-state index is 11.8. The van der Waals surface area contributed by atoms with Crippen LogP contribution in [0, 0.1) is 0 Å². The molecule has 1 aliphatic rings. The Morgan fingerprint density at radius 2 is 2.40 bits per heavy atom. The molecular formula is C13H14N4O2S. The monoisotopic (exact) mass is 290 g/mol. The predicted molar refractivity (Wildman–Crippen MR) is 75.8 cm³/mol. The molecule has 7 heteroatoms. The van der Waals surface area contributed by atoms with E-state index >= 15 is 0 Å². The molecule has 1 N–H and O–H groups in total. The van der Waals surface area contributed by atoms with Crippen molar-refractivity contribution in [1.82, 2.24) is 14.8 Å². The van der Waals surface area contributed by atoms with Gasteiger partial charge in [0.2, 0.25) is 5.91 Å². The molecule has 0 atom stereocenters. The lowest BCUT2D eigenvalue weighted by atomic mass is 9.97. The number of hydrazone groups is 1. The van der Waals surface area contributed by atoms with E-state index in [0.717, 1.165) is 23.5 Å². The first kappa shape index (κ1) is 13.0. The fraction of sp³-hybridized carbons (Fsp3) is 0.385. The lowest BCUT2D eigenvalue weighted by molar-refractivity contribution is -0.121. The van der Waals surface area contributed by atoms with Crippen molar-refractivity contribution >= 4 is 33.7 Å². The van der Waals surface area contributed by atoms with Crippen LogP contribution in [-0.2, 0) is 16.0 Å². The summed E-state index contributed by atoms with van der Waals surface area (Å²) in [7, 11) is 0. The molecule has 2 aromatic heterocycles. The lowest BCUT2D eigenvalue weighted by Gasteiger charge is -2.11. The summed E-state index contributed by atoms with van der Waals surface area (Å²) in [6, 6.07) is 0. The third kappa shape index (κ3) is 2.93. The van der Waals surface area contributed by atoms with E-state index in [2.05, 4.69) is 15.5 Å². The van der Waals surface area contributed by atoms with Crippen molar-refractivity contribution in [3.63, 3.8) is 0 Å².